The summed E-state index contributed by atoms with van der Waals surface area (Å²) in [7, 11) is 3.82. The van der Waals surface area contributed by atoms with Crippen molar-refractivity contribution in [2.45, 2.75) is 18.5 Å². The molecule has 0 spiro atoms. The Morgan fingerprint density at radius 2 is 2.10 bits per heavy atom. The fraction of sp³-hybridized carbons (Fsp3) is 0.429. The predicted octanol–water partition coefficient (Wildman–Crippen LogP) is 0.922. The van der Waals surface area contributed by atoms with Gasteiger partial charge < -0.3 is 15.1 Å². The summed E-state index contributed by atoms with van der Waals surface area (Å²) in [5.41, 5.74) is 0.221. The van der Waals surface area contributed by atoms with Crippen LogP contribution in [0.25, 0.3) is 0 Å². The second kappa shape index (κ2) is 4.56. The van der Waals surface area contributed by atoms with Gasteiger partial charge in [-0.3, -0.25) is 9.59 Å². The number of nitrogens with one attached hydrogen (secondary N) is 1. The van der Waals surface area contributed by atoms with Crippen molar-refractivity contribution >= 4 is 17.5 Å². The number of amides is 2. The second-order valence-corrected chi connectivity index (χ2v) is 5.48. The molecule has 2 amide bonds. The number of carbonyl (C=O) groups excluding carboxylic acids is 2. The smallest absolute Gasteiger partial charge is 0.259 e. The van der Waals surface area contributed by atoms with E-state index in [2.05, 4.69) is 5.32 Å². The van der Waals surface area contributed by atoms with E-state index in [-0.39, 0.29) is 23.2 Å². The normalized spacial score (nSPS) is 25.3. The molecule has 5 nitrogen and oxygen atoms in total. The lowest BCUT2D eigenvalue weighted by Crippen LogP contribution is -2.40. The minimum atomic E-state index is -0.596. The summed E-state index contributed by atoms with van der Waals surface area (Å²) in [6.45, 7) is 0.442. The highest BCUT2D eigenvalue weighted by molar-refractivity contribution is 6.10. The second-order valence-electron chi connectivity index (χ2n) is 5.48. The molecule has 1 fully saturated rings. The predicted molar refractivity (Wildman–Crippen MR) is 71.9 cm³/mol. The van der Waals surface area contributed by atoms with Crippen LogP contribution in [0.15, 0.2) is 18.2 Å². The van der Waals surface area contributed by atoms with E-state index >= 15 is 0 Å². The van der Waals surface area contributed by atoms with E-state index in [1.807, 2.05) is 19.0 Å². The largest absolute Gasteiger partial charge is 0.325 e. The van der Waals surface area contributed by atoms with Crippen LogP contribution in [0.3, 0.4) is 0 Å². The molecule has 2 aliphatic heterocycles. The number of benzene rings is 1. The van der Waals surface area contributed by atoms with Crippen LogP contribution in [0.2, 0.25) is 0 Å². The lowest BCUT2D eigenvalue weighted by Gasteiger charge is -2.21. The van der Waals surface area contributed by atoms with Crippen molar-refractivity contribution in [3.63, 3.8) is 0 Å². The maximum absolute atomic E-state index is 13.9. The summed E-state index contributed by atoms with van der Waals surface area (Å²) in [5, 5.41) is 2.66. The van der Waals surface area contributed by atoms with Gasteiger partial charge in [0.1, 0.15) is 11.9 Å². The van der Waals surface area contributed by atoms with Gasteiger partial charge in [-0.05, 0) is 32.6 Å². The summed E-state index contributed by atoms with van der Waals surface area (Å²) in [5.74, 6) is -1.25. The van der Waals surface area contributed by atoms with Crippen LogP contribution < -0.4 is 5.32 Å². The Labute approximate surface area is 116 Å². The quantitative estimate of drug-likeness (QED) is 0.830. The zero-order valence-electron chi connectivity index (χ0n) is 11.4. The molecule has 2 aliphatic rings. The van der Waals surface area contributed by atoms with Gasteiger partial charge in [-0.2, -0.15) is 0 Å². The first-order valence-electron chi connectivity index (χ1n) is 6.56. The van der Waals surface area contributed by atoms with Gasteiger partial charge in [0.05, 0.1) is 11.3 Å². The standard InChI is InChI=1S/C14H16FN3O2/c1-17(2)8-6-11-13(19)16-10-5-3-4-9(15)12(10)14(20)18(11)7-8/h3-5,8,11H,6-7H2,1-2H3,(H,16,19)/t8-,11+/m1/s1. The van der Waals surface area contributed by atoms with Crippen molar-refractivity contribution in [3.8, 4) is 0 Å². The average molecular weight is 277 g/mol. The number of likely N-dealkylation sites (N-methyl/N-ethyl adjacent to an activating group) is 1. The SMILES string of the molecule is CN(C)[C@@H]1C[C@H]2C(=O)Nc3cccc(F)c3C(=O)N2C1. The average Bonchev–Trinajstić information content (AvgIpc) is 2.79. The topological polar surface area (TPSA) is 52.7 Å². The fourth-order valence-electron chi connectivity index (χ4n) is 2.87. The summed E-state index contributed by atoms with van der Waals surface area (Å²) in [4.78, 5) is 28.2. The van der Waals surface area contributed by atoms with Crippen LogP contribution in [-0.2, 0) is 4.79 Å². The molecule has 6 heteroatoms. The van der Waals surface area contributed by atoms with E-state index in [1.165, 1.54) is 17.0 Å². The van der Waals surface area contributed by atoms with Crippen molar-refractivity contribution in [1.29, 1.82) is 0 Å². The van der Waals surface area contributed by atoms with E-state index in [1.54, 1.807) is 6.07 Å². The Hall–Kier alpha value is -1.95. The number of rotatable bonds is 1. The summed E-state index contributed by atoms with van der Waals surface area (Å²) < 4.78 is 13.9. The van der Waals surface area contributed by atoms with Gasteiger partial charge in [-0.25, -0.2) is 4.39 Å². The number of carbonyl (C=O) groups is 2. The van der Waals surface area contributed by atoms with E-state index in [4.69, 9.17) is 0 Å². The zero-order chi connectivity index (χ0) is 14.4. The van der Waals surface area contributed by atoms with Gasteiger partial charge in [-0.15, -0.1) is 0 Å². The third-order valence-corrected chi connectivity index (χ3v) is 4.06. The zero-order valence-corrected chi connectivity index (χ0v) is 11.4. The van der Waals surface area contributed by atoms with Crippen molar-refractivity contribution in [3.05, 3.63) is 29.6 Å². The van der Waals surface area contributed by atoms with Crippen LogP contribution in [0, 0.1) is 5.82 Å². The highest BCUT2D eigenvalue weighted by Gasteiger charge is 2.44. The third-order valence-electron chi connectivity index (χ3n) is 4.06. The molecule has 0 radical (unpaired) electrons. The molecule has 0 aliphatic carbocycles. The van der Waals surface area contributed by atoms with Crippen LogP contribution >= 0.6 is 0 Å². The van der Waals surface area contributed by atoms with Gasteiger partial charge in [0.25, 0.3) is 5.91 Å². The first-order valence-corrected chi connectivity index (χ1v) is 6.56. The molecular weight excluding hydrogens is 261 g/mol. The van der Waals surface area contributed by atoms with Crippen molar-refractivity contribution in [1.82, 2.24) is 9.80 Å². The lowest BCUT2D eigenvalue weighted by atomic mass is 10.1. The Balaban J connectivity index is 2.04. The minimum absolute atomic E-state index is 0.0391. The molecule has 3 rings (SSSR count). The van der Waals surface area contributed by atoms with E-state index in [9.17, 15) is 14.0 Å². The van der Waals surface area contributed by atoms with Crippen molar-refractivity contribution < 1.29 is 14.0 Å². The Morgan fingerprint density at radius 1 is 1.35 bits per heavy atom. The van der Waals surface area contributed by atoms with Crippen LogP contribution in [0.4, 0.5) is 10.1 Å². The third kappa shape index (κ3) is 1.87. The van der Waals surface area contributed by atoms with Crippen molar-refractivity contribution in [2.75, 3.05) is 26.0 Å². The van der Waals surface area contributed by atoms with Gasteiger partial charge in [0.15, 0.2) is 0 Å². The van der Waals surface area contributed by atoms with Gasteiger partial charge in [0.2, 0.25) is 5.91 Å². The lowest BCUT2D eigenvalue weighted by molar-refractivity contribution is -0.119. The number of halogens is 1. The van der Waals surface area contributed by atoms with Crippen LogP contribution in [0.1, 0.15) is 16.8 Å². The van der Waals surface area contributed by atoms with E-state index < -0.39 is 17.8 Å². The molecule has 0 saturated carbocycles. The molecule has 0 aromatic heterocycles. The molecule has 106 valence electrons. The van der Waals surface area contributed by atoms with Crippen LogP contribution in [-0.4, -0.2) is 54.3 Å². The first-order chi connectivity index (χ1) is 9.49. The molecule has 1 aromatic carbocycles. The molecule has 2 atom stereocenters. The number of fused-ring (bicyclic) bond motifs is 2. The Bertz CT molecular complexity index is 588. The summed E-state index contributed by atoms with van der Waals surface area (Å²) in [6.07, 6.45) is 0.570. The Morgan fingerprint density at radius 3 is 2.80 bits per heavy atom. The van der Waals surface area contributed by atoms with E-state index in [0.717, 1.165) is 0 Å². The number of hydrogen-bond donors (Lipinski definition) is 1. The van der Waals surface area contributed by atoms with Crippen LogP contribution in [0.5, 0.6) is 0 Å². The maximum atomic E-state index is 13.9. The molecular formula is C14H16FN3O2. The van der Waals surface area contributed by atoms with Gasteiger partial charge >= 0.3 is 0 Å². The molecule has 1 saturated heterocycles. The maximum Gasteiger partial charge on any atom is 0.259 e. The molecule has 1 aromatic rings. The Kier molecular flexibility index (Phi) is 2.97. The highest BCUT2D eigenvalue weighted by Crippen LogP contribution is 2.31. The van der Waals surface area contributed by atoms with Gasteiger partial charge in [-0.1, -0.05) is 6.07 Å². The number of anilines is 1. The molecule has 1 N–H and O–H groups in total. The molecule has 20 heavy (non-hydrogen) atoms. The van der Waals surface area contributed by atoms with E-state index in [0.29, 0.717) is 13.0 Å². The summed E-state index contributed by atoms with van der Waals surface area (Å²) in [6, 6.07) is 3.87. The monoisotopic (exact) mass is 277 g/mol. The molecule has 0 unspecified atom stereocenters. The molecule has 0 bridgehead atoms. The summed E-state index contributed by atoms with van der Waals surface area (Å²) >= 11 is 0. The van der Waals surface area contributed by atoms with Gasteiger partial charge in [0, 0.05) is 12.6 Å². The number of nitrogens with zero attached hydrogens (tertiary/aromatic N) is 2. The molecule has 2 heterocycles. The first kappa shape index (κ1) is 13.1. The number of hydrogen-bond acceptors (Lipinski definition) is 3. The van der Waals surface area contributed by atoms with Crippen molar-refractivity contribution in [2.24, 2.45) is 0 Å². The minimum Gasteiger partial charge on any atom is -0.325 e. The fourth-order valence-corrected chi connectivity index (χ4v) is 2.87. The highest BCUT2D eigenvalue weighted by atomic mass is 19.1.